The van der Waals surface area contributed by atoms with Crippen molar-refractivity contribution in [2.24, 2.45) is 0 Å². The first kappa shape index (κ1) is 11.6. The molecular weight excluding hydrogens is 225 g/mol. The molecule has 2 aromatic carbocycles. The number of hydrogen-bond donors (Lipinski definition) is 0. The minimum absolute atomic E-state index is 0.426. The quantitative estimate of drug-likeness (QED) is 0.703. The molecule has 0 bridgehead atoms. The SMILES string of the molecule is [B]1OB(c2ccccc2)OB(c2ccccc2)O1. The highest BCUT2D eigenvalue weighted by atomic mass is 16.7. The lowest BCUT2D eigenvalue weighted by molar-refractivity contribution is 0.321. The van der Waals surface area contributed by atoms with E-state index < -0.39 is 14.2 Å². The summed E-state index contributed by atoms with van der Waals surface area (Å²) < 4.78 is 16.5. The van der Waals surface area contributed by atoms with Gasteiger partial charge in [0.05, 0.1) is 0 Å². The number of hydrogen-bond acceptors (Lipinski definition) is 3. The monoisotopic (exact) mass is 235 g/mol. The van der Waals surface area contributed by atoms with E-state index in [-0.39, 0.29) is 0 Å². The summed E-state index contributed by atoms with van der Waals surface area (Å²) in [5.41, 5.74) is 1.94. The summed E-state index contributed by atoms with van der Waals surface area (Å²) >= 11 is 0. The Morgan fingerprint density at radius 1 is 0.667 bits per heavy atom. The Balaban J connectivity index is 1.77. The summed E-state index contributed by atoms with van der Waals surface area (Å²) in [6.07, 6.45) is 0. The molecule has 2 aromatic rings. The van der Waals surface area contributed by atoms with Crippen LogP contribution in [-0.2, 0) is 13.7 Å². The normalized spacial score (nSPS) is 15.3. The van der Waals surface area contributed by atoms with E-state index in [1.54, 1.807) is 0 Å². The molecule has 1 heterocycles. The lowest BCUT2D eigenvalue weighted by Crippen LogP contribution is -2.54. The third-order valence-electron chi connectivity index (χ3n) is 2.75. The largest absolute Gasteiger partial charge is 0.466 e. The molecule has 1 aliphatic rings. The van der Waals surface area contributed by atoms with Gasteiger partial charge in [0, 0.05) is 0 Å². The van der Waals surface area contributed by atoms with Gasteiger partial charge in [0.2, 0.25) is 0 Å². The van der Waals surface area contributed by atoms with Gasteiger partial charge in [0.25, 0.3) is 0 Å². The molecule has 0 amide bonds. The van der Waals surface area contributed by atoms with Crippen LogP contribution in [0.3, 0.4) is 0 Å². The predicted octanol–water partition coefficient (Wildman–Crippen LogP) is 0.375. The average Bonchev–Trinajstić information content (AvgIpc) is 2.49. The lowest BCUT2D eigenvalue weighted by atomic mass is 9.67. The van der Waals surface area contributed by atoms with Crippen LogP contribution in [0.5, 0.6) is 0 Å². The van der Waals surface area contributed by atoms with Gasteiger partial charge in [-0.3, -0.25) is 0 Å². The van der Waals surface area contributed by atoms with E-state index in [4.69, 9.17) is 13.7 Å². The summed E-state index contributed by atoms with van der Waals surface area (Å²) in [6.45, 7) is 0. The molecule has 3 rings (SSSR count). The molecule has 1 saturated heterocycles. The molecule has 1 fully saturated rings. The summed E-state index contributed by atoms with van der Waals surface area (Å²) in [4.78, 5) is 0. The Morgan fingerprint density at radius 2 is 1.11 bits per heavy atom. The topological polar surface area (TPSA) is 27.7 Å². The third kappa shape index (κ3) is 2.51. The minimum atomic E-state index is -0.426. The second-order valence-electron chi connectivity index (χ2n) is 3.99. The van der Waals surface area contributed by atoms with E-state index in [1.807, 2.05) is 60.7 Å². The van der Waals surface area contributed by atoms with E-state index in [0.717, 1.165) is 10.9 Å². The van der Waals surface area contributed by atoms with Gasteiger partial charge in [-0.05, 0) is 10.9 Å². The lowest BCUT2D eigenvalue weighted by Gasteiger charge is -2.25. The molecule has 0 aromatic heterocycles. The zero-order chi connectivity index (χ0) is 12.2. The van der Waals surface area contributed by atoms with Gasteiger partial charge < -0.3 is 13.7 Å². The fraction of sp³-hybridized carbons (Fsp3) is 0. The zero-order valence-corrected chi connectivity index (χ0v) is 9.73. The van der Waals surface area contributed by atoms with Crippen LogP contribution in [0.1, 0.15) is 0 Å². The average molecular weight is 235 g/mol. The van der Waals surface area contributed by atoms with E-state index in [9.17, 15) is 0 Å². The summed E-state index contributed by atoms with van der Waals surface area (Å²) in [6, 6.07) is 19.6. The molecule has 0 aliphatic carbocycles. The highest BCUT2D eigenvalue weighted by molar-refractivity contribution is 6.80. The summed E-state index contributed by atoms with van der Waals surface area (Å²) in [5.74, 6) is 0. The van der Waals surface area contributed by atoms with Gasteiger partial charge in [0.1, 0.15) is 0 Å². The van der Waals surface area contributed by atoms with Crippen molar-refractivity contribution >= 4 is 32.8 Å². The molecule has 0 unspecified atom stereocenters. The number of benzene rings is 2. The second kappa shape index (κ2) is 5.44. The first-order chi connectivity index (χ1) is 8.93. The molecule has 1 radical (unpaired) electrons. The van der Waals surface area contributed by atoms with Crippen LogP contribution in [0.4, 0.5) is 0 Å². The van der Waals surface area contributed by atoms with E-state index in [2.05, 4.69) is 0 Å². The van der Waals surface area contributed by atoms with Gasteiger partial charge in [-0.2, -0.15) is 0 Å². The highest BCUT2D eigenvalue weighted by Gasteiger charge is 2.35. The van der Waals surface area contributed by atoms with Crippen LogP contribution >= 0.6 is 0 Å². The Labute approximate surface area is 108 Å². The Morgan fingerprint density at radius 3 is 1.56 bits per heavy atom. The highest BCUT2D eigenvalue weighted by Crippen LogP contribution is 2.03. The van der Waals surface area contributed by atoms with Crippen LogP contribution in [0, 0.1) is 0 Å². The molecule has 1 aliphatic heterocycles. The summed E-state index contributed by atoms with van der Waals surface area (Å²) in [7, 11) is 0.495. The smallest absolute Gasteiger partial charge is 0.451 e. The predicted molar refractivity (Wildman–Crippen MR) is 72.7 cm³/mol. The van der Waals surface area contributed by atoms with Crippen molar-refractivity contribution in [3.05, 3.63) is 60.7 Å². The van der Waals surface area contributed by atoms with Crippen LogP contribution < -0.4 is 10.9 Å². The van der Waals surface area contributed by atoms with Crippen molar-refractivity contribution in [2.45, 2.75) is 0 Å². The van der Waals surface area contributed by atoms with Gasteiger partial charge in [-0.25, -0.2) is 0 Å². The minimum Gasteiger partial charge on any atom is -0.451 e. The van der Waals surface area contributed by atoms with Crippen molar-refractivity contribution < 1.29 is 13.7 Å². The van der Waals surface area contributed by atoms with Crippen molar-refractivity contribution in [1.82, 2.24) is 0 Å². The van der Waals surface area contributed by atoms with Crippen molar-refractivity contribution in [3.8, 4) is 0 Å². The van der Waals surface area contributed by atoms with Crippen molar-refractivity contribution in [1.29, 1.82) is 0 Å². The summed E-state index contributed by atoms with van der Waals surface area (Å²) in [5, 5.41) is 0. The molecule has 85 valence electrons. The van der Waals surface area contributed by atoms with E-state index in [0.29, 0.717) is 0 Å². The van der Waals surface area contributed by atoms with E-state index in [1.165, 1.54) is 7.69 Å². The van der Waals surface area contributed by atoms with Gasteiger partial charge in [-0.15, -0.1) is 0 Å². The maximum atomic E-state index is 5.78. The first-order valence-corrected chi connectivity index (χ1v) is 5.81. The maximum Gasteiger partial charge on any atom is 0.466 e. The molecular formula is C12H10B3O3. The van der Waals surface area contributed by atoms with Crippen LogP contribution in [-0.4, -0.2) is 21.9 Å². The van der Waals surface area contributed by atoms with Gasteiger partial charge >= 0.3 is 21.9 Å². The molecule has 3 nitrogen and oxygen atoms in total. The molecule has 0 saturated carbocycles. The Kier molecular flexibility index (Phi) is 3.50. The van der Waals surface area contributed by atoms with Gasteiger partial charge in [0.15, 0.2) is 0 Å². The molecule has 6 heteroatoms. The fourth-order valence-electron chi connectivity index (χ4n) is 1.84. The Bertz CT molecular complexity index is 449. The molecule has 0 atom stereocenters. The Hall–Kier alpha value is -1.49. The standard InChI is InChI=1S/C12H10B3O3/c1-3-7-11(8-4-1)14-16-13-17-15(18-14)12-9-5-2-6-10-12/h1-10H. The molecule has 0 spiro atoms. The zero-order valence-electron chi connectivity index (χ0n) is 9.73. The number of rotatable bonds is 2. The van der Waals surface area contributed by atoms with Crippen molar-refractivity contribution in [2.75, 3.05) is 0 Å². The van der Waals surface area contributed by atoms with Crippen LogP contribution in [0.15, 0.2) is 60.7 Å². The van der Waals surface area contributed by atoms with Gasteiger partial charge in [-0.1, -0.05) is 60.7 Å². The third-order valence-corrected chi connectivity index (χ3v) is 2.75. The first-order valence-electron chi connectivity index (χ1n) is 5.81. The molecule has 0 N–H and O–H groups in total. The fourth-order valence-corrected chi connectivity index (χ4v) is 1.84. The molecule has 18 heavy (non-hydrogen) atoms. The van der Waals surface area contributed by atoms with E-state index >= 15 is 0 Å². The van der Waals surface area contributed by atoms with Crippen molar-refractivity contribution in [3.63, 3.8) is 0 Å². The second-order valence-corrected chi connectivity index (χ2v) is 3.99. The maximum absolute atomic E-state index is 5.78. The van der Waals surface area contributed by atoms with Crippen LogP contribution in [0.2, 0.25) is 0 Å². The van der Waals surface area contributed by atoms with Crippen LogP contribution in [0.25, 0.3) is 0 Å².